The Morgan fingerprint density at radius 1 is 1.03 bits per heavy atom. The predicted molar refractivity (Wildman–Crippen MR) is 129 cm³/mol. The van der Waals surface area contributed by atoms with Crippen molar-refractivity contribution in [2.24, 2.45) is 0 Å². The summed E-state index contributed by atoms with van der Waals surface area (Å²) in [6.45, 7) is 3.14. The predicted octanol–water partition coefficient (Wildman–Crippen LogP) is 4.55. The molecule has 5 nitrogen and oxygen atoms in total. The van der Waals surface area contributed by atoms with Crippen molar-refractivity contribution in [2.45, 2.75) is 12.0 Å². The highest BCUT2D eigenvalue weighted by Gasteiger charge is 2.29. The Balaban J connectivity index is 1.44. The molecule has 0 saturated carbocycles. The first kappa shape index (κ1) is 20.9. The molecule has 2 aromatic heterocycles. The number of benzene rings is 2. The first-order chi connectivity index (χ1) is 15.8. The third-order valence-electron chi connectivity index (χ3n) is 6.11. The molecule has 1 aliphatic rings. The molecule has 3 heterocycles. The van der Waals surface area contributed by atoms with E-state index in [1.807, 2.05) is 41.3 Å². The Hall–Kier alpha value is -2.93. The smallest absolute Gasteiger partial charge is 0.244 e. The van der Waals surface area contributed by atoms with Crippen LogP contribution in [0.5, 0.6) is 0 Å². The third kappa shape index (κ3) is 4.35. The van der Waals surface area contributed by atoms with Gasteiger partial charge in [-0.05, 0) is 28.6 Å². The number of ether oxygens (including phenoxy) is 1. The van der Waals surface area contributed by atoms with Crippen LogP contribution in [-0.4, -0.2) is 48.6 Å². The monoisotopic (exact) mass is 445 g/mol. The topological polar surface area (TPSA) is 57.4 Å². The quantitative estimate of drug-likeness (QED) is 0.439. The number of thiophene rings is 1. The number of amides is 1. The van der Waals surface area contributed by atoms with Gasteiger partial charge in [-0.15, -0.1) is 11.3 Å². The minimum absolute atomic E-state index is 0.114. The Morgan fingerprint density at radius 2 is 1.81 bits per heavy atom. The van der Waals surface area contributed by atoms with Crippen LogP contribution in [0.3, 0.4) is 0 Å². The van der Waals surface area contributed by atoms with Gasteiger partial charge in [0.15, 0.2) is 0 Å². The van der Waals surface area contributed by atoms with E-state index in [4.69, 9.17) is 4.74 Å². The second-order valence-electron chi connectivity index (χ2n) is 8.05. The van der Waals surface area contributed by atoms with E-state index < -0.39 is 0 Å². The van der Waals surface area contributed by atoms with E-state index in [-0.39, 0.29) is 17.9 Å². The molecule has 0 spiro atoms. The number of carbonyl (C=O) groups excluding carboxylic acids is 1. The minimum atomic E-state index is -0.387. The van der Waals surface area contributed by atoms with Gasteiger partial charge in [-0.2, -0.15) is 0 Å². The molecule has 2 aromatic carbocycles. The summed E-state index contributed by atoms with van der Waals surface area (Å²) in [7, 11) is 0. The highest BCUT2D eigenvalue weighted by molar-refractivity contribution is 7.10. The van der Waals surface area contributed by atoms with Crippen LogP contribution in [0.25, 0.3) is 10.9 Å². The molecule has 2 atom stereocenters. The molecule has 6 heteroatoms. The lowest BCUT2D eigenvalue weighted by molar-refractivity contribution is -0.137. The molecular weight excluding hydrogens is 418 g/mol. The molecule has 1 amide bonds. The van der Waals surface area contributed by atoms with Gasteiger partial charge in [0.1, 0.15) is 6.04 Å². The summed E-state index contributed by atoms with van der Waals surface area (Å²) >= 11 is 1.76. The van der Waals surface area contributed by atoms with Crippen LogP contribution in [0.15, 0.2) is 78.3 Å². The van der Waals surface area contributed by atoms with Gasteiger partial charge >= 0.3 is 0 Å². The van der Waals surface area contributed by atoms with E-state index in [0.717, 1.165) is 11.1 Å². The van der Waals surface area contributed by atoms with Crippen molar-refractivity contribution in [1.82, 2.24) is 15.2 Å². The van der Waals surface area contributed by atoms with Crippen molar-refractivity contribution >= 4 is 28.1 Å². The lowest BCUT2D eigenvalue weighted by atomic mass is 9.95. The van der Waals surface area contributed by atoms with Crippen LogP contribution in [0, 0.1) is 0 Å². The number of nitrogens with zero attached hydrogens (tertiary/aromatic N) is 1. The highest BCUT2D eigenvalue weighted by Crippen LogP contribution is 2.33. The SMILES string of the molecule is O=C([C@H](NC[C@@H](c1cccs1)c1c[nH]c2ccccc12)c1ccccc1)N1CCOCC1. The first-order valence-corrected chi connectivity index (χ1v) is 11.9. The Labute approximate surface area is 192 Å². The van der Waals surface area contributed by atoms with E-state index in [2.05, 4.69) is 52.2 Å². The first-order valence-electron chi connectivity index (χ1n) is 11.1. The summed E-state index contributed by atoms with van der Waals surface area (Å²) in [5, 5.41) is 6.98. The number of H-pyrrole nitrogens is 1. The number of aromatic amines is 1. The molecule has 32 heavy (non-hydrogen) atoms. The van der Waals surface area contributed by atoms with Crippen molar-refractivity contribution < 1.29 is 9.53 Å². The second kappa shape index (κ2) is 9.69. The summed E-state index contributed by atoms with van der Waals surface area (Å²) < 4.78 is 5.46. The molecule has 5 rings (SSSR count). The maximum absolute atomic E-state index is 13.5. The molecule has 1 aliphatic heterocycles. The highest BCUT2D eigenvalue weighted by atomic mass is 32.1. The average Bonchev–Trinajstić information content (AvgIpc) is 3.54. The average molecular weight is 446 g/mol. The van der Waals surface area contributed by atoms with Crippen LogP contribution in [0.4, 0.5) is 0 Å². The molecule has 0 unspecified atom stereocenters. The van der Waals surface area contributed by atoms with E-state index >= 15 is 0 Å². The normalized spacial score (nSPS) is 16.2. The van der Waals surface area contributed by atoms with E-state index in [1.54, 1.807) is 11.3 Å². The lowest BCUT2D eigenvalue weighted by Gasteiger charge is -2.31. The Morgan fingerprint density at radius 3 is 2.59 bits per heavy atom. The molecule has 1 fully saturated rings. The van der Waals surface area contributed by atoms with Gasteiger partial charge < -0.3 is 19.9 Å². The fraction of sp³-hybridized carbons (Fsp3) is 0.269. The van der Waals surface area contributed by atoms with Gasteiger partial charge in [-0.25, -0.2) is 0 Å². The molecule has 0 bridgehead atoms. The molecule has 2 N–H and O–H groups in total. The number of carbonyl (C=O) groups is 1. The van der Waals surface area contributed by atoms with Gasteiger partial charge in [-0.3, -0.25) is 4.79 Å². The molecule has 0 aliphatic carbocycles. The van der Waals surface area contributed by atoms with Crippen molar-refractivity contribution in [3.63, 3.8) is 0 Å². The summed E-state index contributed by atoms with van der Waals surface area (Å²) in [4.78, 5) is 20.1. The number of para-hydroxylation sites is 1. The van der Waals surface area contributed by atoms with E-state index in [0.29, 0.717) is 32.8 Å². The van der Waals surface area contributed by atoms with Gasteiger partial charge in [-0.1, -0.05) is 54.6 Å². The molecule has 0 radical (unpaired) electrons. The fourth-order valence-corrected chi connectivity index (χ4v) is 5.28. The van der Waals surface area contributed by atoms with Gasteiger partial charge in [0.25, 0.3) is 0 Å². The van der Waals surface area contributed by atoms with E-state index in [9.17, 15) is 4.79 Å². The van der Waals surface area contributed by atoms with Gasteiger partial charge in [0.05, 0.1) is 13.2 Å². The summed E-state index contributed by atoms with van der Waals surface area (Å²) in [6, 6.07) is 22.3. The van der Waals surface area contributed by atoms with Crippen molar-refractivity contribution in [3.8, 4) is 0 Å². The summed E-state index contributed by atoms with van der Waals surface area (Å²) in [5.41, 5.74) is 3.38. The molecule has 4 aromatic rings. The molecule has 1 saturated heterocycles. The van der Waals surface area contributed by atoms with Crippen molar-refractivity contribution in [3.05, 3.63) is 94.3 Å². The zero-order valence-electron chi connectivity index (χ0n) is 17.9. The largest absolute Gasteiger partial charge is 0.378 e. The maximum Gasteiger partial charge on any atom is 0.244 e. The van der Waals surface area contributed by atoms with Gasteiger partial charge in [0, 0.05) is 47.5 Å². The zero-order chi connectivity index (χ0) is 21.8. The molecular formula is C26H27N3O2S. The van der Waals surface area contributed by atoms with Crippen LogP contribution < -0.4 is 5.32 Å². The van der Waals surface area contributed by atoms with Crippen molar-refractivity contribution in [2.75, 3.05) is 32.8 Å². The standard InChI is InChI=1S/C26H27N3O2S/c30-26(29-12-14-31-15-13-29)25(19-7-2-1-3-8-19)28-18-22(24-11-6-16-32-24)21-17-27-23-10-5-4-9-20(21)23/h1-11,16-17,22,25,27-28H,12-15,18H2/t22-,25-/m1/s1. The van der Waals surface area contributed by atoms with E-state index in [1.165, 1.54) is 15.8 Å². The van der Waals surface area contributed by atoms with Gasteiger partial charge in [0.2, 0.25) is 5.91 Å². The van der Waals surface area contributed by atoms with Crippen LogP contribution in [0.1, 0.15) is 28.0 Å². The number of aromatic nitrogens is 1. The summed E-state index contributed by atoms with van der Waals surface area (Å²) in [6.07, 6.45) is 2.11. The second-order valence-corrected chi connectivity index (χ2v) is 9.03. The summed E-state index contributed by atoms with van der Waals surface area (Å²) in [5.74, 6) is 0.262. The third-order valence-corrected chi connectivity index (χ3v) is 7.10. The van der Waals surface area contributed by atoms with Crippen LogP contribution in [0.2, 0.25) is 0 Å². The fourth-order valence-electron chi connectivity index (χ4n) is 4.43. The maximum atomic E-state index is 13.5. The number of hydrogen-bond acceptors (Lipinski definition) is 4. The number of rotatable bonds is 7. The lowest BCUT2D eigenvalue weighted by Crippen LogP contribution is -2.46. The number of nitrogens with one attached hydrogen (secondary N) is 2. The number of morpholine rings is 1. The van der Waals surface area contributed by atoms with Crippen LogP contribution in [-0.2, 0) is 9.53 Å². The Kier molecular flexibility index (Phi) is 6.34. The zero-order valence-corrected chi connectivity index (χ0v) is 18.7. The molecule has 164 valence electrons. The Bertz CT molecular complexity index is 1150. The number of hydrogen-bond donors (Lipinski definition) is 2. The van der Waals surface area contributed by atoms with Crippen molar-refractivity contribution in [1.29, 1.82) is 0 Å². The van der Waals surface area contributed by atoms with Crippen LogP contribution >= 0.6 is 11.3 Å². The minimum Gasteiger partial charge on any atom is -0.378 e. The number of fused-ring (bicyclic) bond motifs is 1.